The zero-order valence-electron chi connectivity index (χ0n) is 11.8. The molecule has 0 N–H and O–H groups in total. The molecule has 0 unspecified atom stereocenters. The fourth-order valence-corrected chi connectivity index (χ4v) is 3.38. The van der Waals surface area contributed by atoms with E-state index < -0.39 is 0 Å². The lowest BCUT2D eigenvalue weighted by atomic mass is 10.1. The van der Waals surface area contributed by atoms with Crippen LogP contribution < -0.4 is 0 Å². The number of oxazole rings is 1. The van der Waals surface area contributed by atoms with Gasteiger partial charge in [0.1, 0.15) is 11.3 Å². The average Bonchev–Trinajstić information content (AvgIpc) is 2.96. The standard InChI is InChI=1S/C17H10ClFN2OS/c18-11-4-6-15-14(8-11)21-17(22-15)23-9-10-3-5-13(19)12-2-1-7-20-16(10)12/h1-8H,9H2. The van der Waals surface area contributed by atoms with Crippen molar-refractivity contribution < 1.29 is 8.81 Å². The van der Waals surface area contributed by atoms with Crippen molar-refractivity contribution in [1.82, 2.24) is 9.97 Å². The van der Waals surface area contributed by atoms with Crippen molar-refractivity contribution in [3.05, 3.63) is 65.1 Å². The molecule has 0 amide bonds. The zero-order chi connectivity index (χ0) is 15.8. The van der Waals surface area contributed by atoms with Gasteiger partial charge in [0.15, 0.2) is 5.58 Å². The fraction of sp³-hybridized carbons (Fsp3) is 0.0588. The van der Waals surface area contributed by atoms with Gasteiger partial charge >= 0.3 is 0 Å². The predicted octanol–water partition coefficient (Wildman–Crippen LogP) is 5.46. The van der Waals surface area contributed by atoms with Crippen LogP contribution in [0.5, 0.6) is 0 Å². The van der Waals surface area contributed by atoms with Gasteiger partial charge in [-0.25, -0.2) is 9.37 Å². The number of hydrogen-bond acceptors (Lipinski definition) is 4. The van der Waals surface area contributed by atoms with E-state index in [2.05, 4.69) is 9.97 Å². The molecule has 0 fully saturated rings. The van der Waals surface area contributed by atoms with E-state index in [0.717, 1.165) is 11.1 Å². The van der Waals surface area contributed by atoms with Crippen LogP contribution >= 0.6 is 23.4 Å². The minimum Gasteiger partial charge on any atom is -0.431 e. The van der Waals surface area contributed by atoms with Crippen LogP contribution in [0.15, 0.2) is 58.3 Å². The van der Waals surface area contributed by atoms with Gasteiger partial charge in [-0.1, -0.05) is 29.4 Å². The highest BCUT2D eigenvalue weighted by Crippen LogP contribution is 2.30. The van der Waals surface area contributed by atoms with Gasteiger partial charge in [-0.15, -0.1) is 0 Å². The Morgan fingerprint density at radius 2 is 2.09 bits per heavy atom. The third-order valence-electron chi connectivity index (χ3n) is 3.48. The lowest BCUT2D eigenvalue weighted by molar-refractivity contribution is 0.489. The molecular weight excluding hydrogens is 335 g/mol. The molecular formula is C17H10ClFN2OS. The van der Waals surface area contributed by atoms with E-state index in [1.165, 1.54) is 17.8 Å². The van der Waals surface area contributed by atoms with Crippen molar-refractivity contribution >= 4 is 45.4 Å². The summed E-state index contributed by atoms with van der Waals surface area (Å²) in [5.74, 6) is 0.326. The second kappa shape index (κ2) is 5.83. The van der Waals surface area contributed by atoms with Crippen LogP contribution in [-0.2, 0) is 5.75 Å². The van der Waals surface area contributed by atoms with Crippen molar-refractivity contribution in [3.63, 3.8) is 0 Å². The molecule has 2 heterocycles. The highest BCUT2D eigenvalue weighted by Gasteiger charge is 2.10. The maximum atomic E-state index is 13.8. The van der Waals surface area contributed by atoms with Crippen LogP contribution in [-0.4, -0.2) is 9.97 Å². The molecule has 2 aromatic carbocycles. The Bertz CT molecular complexity index is 1020. The average molecular weight is 345 g/mol. The highest BCUT2D eigenvalue weighted by molar-refractivity contribution is 7.98. The summed E-state index contributed by atoms with van der Waals surface area (Å²) in [5, 5.41) is 1.70. The first-order chi connectivity index (χ1) is 11.2. The summed E-state index contributed by atoms with van der Waals surface area (Å²) in [5.41, 5.74) is 3.02. The molecule has 6 heteroatoms. The van der Waals surface area contributed by atoms with Gasteiger partial charge in [0, 0.05) is 22.4 Å². The maximum Gasteiger partial charge on any atom is 0.257 e. The van der Waals surface area contributed by atoms with E-state index in [9.17, 15) is 4.39 Å². The van der Waals surface area contributed by atoms with E-state index in [4.69, 9.17) is 16.0 Å². The molecule has 23 heavy (non-hydrogen) atoms. The number of benzene rings is 2. The highest BCUT2D eigenvalue weighted by atomic mass is 35.5. The van der Waals surface area contributed by atoms with Crippen LogP contribution in [0, 0.1) is 5.82 Å². The number of hydrogen-bond donors (Lipinski definition) is 0. The van der Waals surface area contributed by atoms with E-state index in [0.29, 0.717) is 32.5 Å². The molecule has 0 aliphatic carbocycles. The summed E-state index contributed by atoms with van der Waals surface area (Å²) in [6, 6.07) is 12.0. The summed E-state index contributed by atoms with van der Waals surface area (Å²) in [7, 11) is 0. The molecule has 4 aromatic rings. The number of aromatic nitrogens is 2. The minimum absolute atomic E-state index is 0.265. The second-order valence-corrected chi connectivity index (χ2v) is 6.35. The van der Waals surface area contributed by atoms with Crippen LogP contribution in [0.4, 0.5) is 4.39 Å². The summed E-state index contributed by atoms with van der Waals surface area (Å²) < 4.78 is 19.5. The van der Waals surface area contributed by atoms with Gasteiger partial charge in [-0.05, 0) is 42.0 Å². The van der Waals surface area contributed by atoms with E-state index in [1.54, 1.807) is 42.6 Å². The van der Waals surface area contributed by atoms with E-state index in [-0.39, 0.29) is 5.82 Å². The Morgan fingerprint density at radius 3 is 3.00 bits per heavy atom. The Morgan fingerprint density at radius 1 is 1.17 bits per heavy atom. The molecule has 0 aliphatic heterocycles. The van der Waals surface area contributed by atoms with Crippen LogP contribution in [0.3, 0.4) is 0 Å². The molecule has 0 saturated carbocycles. The number of fused-ring (bicyclic) bond motifs is 2. The van der Waals surface area contributed by atoms with Crippen molar-refractivity contribution in [2.45, 2.75) is 11.0 Å². The number of nitrogens with zero attached hydrogens (tertiary/aromatic N) is 2. The van der Waals surface area contributed by atoms with Gasteiger partial charge in [0.2, 0.25) is 0 Å². The molecule has 0 spiro atoms. The molecule has 0 saturated heterocycles. The topological polar surface area (TPSA) is 38.9 Å². The van der Waals surface area contributed by atoms with Crippen LogP contribution in [0.25, 0.3) is 22.0 Å². The molecule has 114 valence electrons. The lowest BCUT2D eigenvalue weighted by Crippen LogP contribution is -1.90. The smallest absolute Gasteiger partial charge is 0.257 e. The Balaban J connectivity index is 1.64. The summed E-state index contributed by atoms with van der Waals surface area (Å²) in [4.78, 5) is 8.69. The normalized spacial score (nSPS) is 11.4. The number of halogens is 2. The monoisotopic (exact) mass is 344 g/mol. The Kier molecular flexibility index (Phi) is 3.67. The number of rotatable bonds is 3. The van der Waals surface area contributed by atoms with E-state index >= 15 is 0 Å². The SMILES string of the molecule is Fc1ccc(CSc2nc3cc(Cl)ccc3o2)c2ncccc12. The van der Waals surface area contributed by atoms with Gasteiger partial charge in [0.05, 0.1) is 5.52 Å². The van der Waals surface area contributed by atoms with E-state index in [1.807, 2.05) is 0 Å². The minimum atomic E-state index is -0.265. The van der Waals surface area contributed by atoms with Gasteiger partial charge in [-0.3, -0.25) is 4.98 Å². The molecule has 0 aliphatic rings. The van der Waals surface area contributed by atoms with Gasteiger partial charge in [-0.2, -0.15) is 0 Å². The quantitative estimate of drug-likeness (QED) is 0.462. The van der Waals surface area contributed by atoms with Gasteiger partial charge < -0.3 is 4.42 Å². The van der Waals surface area contributed by atoms with Crippen molar-refractivity contribution in [3.8, 4) is 0 Å². The third kappa shape index (κ3) is 2.78. The van der Waals surface area contributed by atoms with Crippen molar-refractivity contribution in [2.75, 3.05) is 0 Å². The Hall–Kier alpha value is -2.11. The second-order valence-electron chi connectivity index (χ2n) is 4.99. The molecule has 0 bridgehead atoms. The third-order valence-corrected chi connectivity index (χ3v) is 4.59. The summed E-state index contributed by atoms with van der Waals surface area (Å²) in [6.07, 6.45) is 1.66. The molecule has 4 rings (SSSR count). The Labute approximate surface area is 140 Å². The fourth-order valence-electron chi connectivity index (χ4n) is 2.39. The van der Waals surface area contributed by atoms with Crippen molar-refractivity contribution in [1.29, 1.82) is 0 Å². The first-order valence-corrected chi connectivity index (χ1v) is 8.28. The van der Waals surface area contributed by atoms with Crippen LogP contribution in [0.1, 0.15) is 5.56 Å². The summed E-state index contributed by atoms with van der Waals surface area (Å²) in [6.45, 7) is 0. The van der Waals surface area contributed by atoms with Crippen molar-refractivity contribution in [2.24, 2.45) is 0 Å². The molecule has 2 aromatic heterocycles. The maximum absolute atomic E-state index is 13.8. The summed E-state index contributed by atoms with van der Waals surface area (Å²) >= 11 is 7.39. The molecule has 0 radical (unpaired) electrons. The lowest BCUT2D eigenvalue weighted by Gasteiger charge is -2.04. The van der Waals surface area contributed by atoms with Crippen LogP contribution in [0.2, 0.25) is 5.02 Å². The first kappa shape index (κ1) is 14.5. The zero-order valence-corrected chi connectivity index (χ0v) is 13.4. The number of thioether (sulfide) groups is 1. The largest absolute Gasteiger partial charge is 0.431 e. The number of pyridine rings is 1. The molecule has 3 nitrogen and oxygen atoms in total. The van der Waals surface area contributed by atoms with Gasteiger partial charge in [0.25, 0.3) is 5.22 Å². The first-order valence-electron chi connectivity index (χ1n) is 6.92. The predicted molar refractivity (Wildman–Crippen MR) is 90.3 cm³/mol. The molecule has 0 atom stereocenters.